The Kier molecular flexibility index (Phi) is 6.37. The number of carboxylic acids is 1. The highest BCUT2D eigenvalue weighted by molar-refractivity contribution is 7.72. The van der Waals surface area contributed by atoms with Crippen LogP contribution in [0.4, 0.5) is 21.9 Å². The summed E-state index contributed by atoms with van der Waals surface area (Å²) in [6.07, 6.45) is 1.71. The summed E-state index contributed by atoms with van der Waals surface area (Å²) in [5.41, 5.74) is 4.00. The minimum absolute atomic E-state index is 0.0659. The van der Waals surface area contributed by atoms with Crippen LogP contribution in [0.3, 0.4) is 0 Å². The summed E-state index contributed by atoms with van der Waals surface area (Å²) in [6.45, 7) is 2.43. The van der Waals surface area contributed by atoms with Crippen molar-refractivity contribution in [3.63, 3.8) is 0 Å². The van der Waals surface area contributed by atoms with E-state index in [1.807, 2.05) is 29.6 Å². The topological polar surface area (TPSA) is 118 Å². The second-order valence-electron chi connectivity index (χ2n) is 7.23. The average molecular weight is 470 g/mol. The van der Waals surface area contributed by atoms with Crippen LogP contribution in [0, 0.1) is 16.1 Å². The van der Waals surface area contributed by atoms with Gasteiger partial charge in [0.2, 0.25) is 0 Å². The molecule has 11 heteroatoms. The zero-order valence-corrected chi connectivity index (χ0v) is 18.6. The van der Waals surface area contributed by atoms with E-state index in [4.69, 9.17) is 29.5 Å². The Hall–Kier alpha value is -3.44. The second-order valence-corrected chi connectivity index (χ2v) is 8.00. The molecule has 9 nitrogen and oxygen atoms in total. The van der Waals surface area contributed by atoms with E-state index in [2.05, 4.69) is 20.8 Å². The Labute approximate surface area is 194 Å². The summed E-state index contributed by atoms with van der Waals surface area (Å²) in [5, 5.41) is 20.2. The molecule has 1 radical (unpaired) electrons. The summed E-state index contributed by atoms with van der Waals surface area (Å²) < 4.78 is 2.52. The molecule has 0 fully saturated rings. The minimum Gasteiger partial charge on any atom is -0.481 e. The lowest BCUT2D eigenvalue weighted by molar-refractivity contribution is -0.136. The number of aliphatic carboxylic acids is 1. The molecule has 2 heterocycles. The molecule has 32 heavy (non-hydrogen) atoms. The molecule has 5 N–H and O–H groups in total. The van der Waals surface area contributed by atoms with Gasteiger partial charge in [0.05, 0.1) is 12.1 Å². The predicted octanol–water partition coefficient (Wildman–Crippen LogP) is 4.63. The molecule has 0 aliphatic carbocycles. The molecule has 2 amide bonds. The van der Waals surface area contributed by atoms with Crippen LogP contribution in [-0.4, -0.2) is 38.4 Å². The fourth-order valence-electron chi connectivity index (χ4n) is 3.61. The van der Waals surface area contributed by atoms with Gasteiger partial charge in [0.15, 0.2) is 9.54 Å². The van der Waals surface area contributed by atoms with Crippen LogP contribution in [0.15, 0.2) is 42.5 Å². The Bertz CT molecular complexity index is 1250. The molecule has 0 saturated heterocycles. The number of amides is 2. The normalized spacial score (nSPS) is 12.8. The lowest BCUT2D eigenvalue weighted by atomic mass is 10.0. The second kappa shape index (κ2) is 9.37. The van der Waals surface area contributed by atoms with Crippen molar-refractivity contribution < 1.29 is 14.7 Å². The number of aryl methyl sites for hydroxylation is 1. The van der Waals surface area contributed by atoms with Gasteiger partial charge in [0, 0.05) is 30.2 Å². The maximum absolute atomic E-state index is 12.6. The summed E-state index contributed by atoms with van der Waals surface area (Å²) >= 11 is 10.5. The lowest BCUT2D eigenvalue weighted by Crippen LogP contribution is -2.28. The number of hydrogen-bond acceptors (Lipinski definition) is 5. The molecule has 0 spiro atoms. The van der Waals surface area contributed by atoms with E-state index in [-0.39, 0.29) is 12.5 Å². The number of carboxylic acid groups (broad SMARTS) is 1. The number of fused-ring (bicyclic) bond motifs is 1. The molecule has 3 aromatic rings. The largest absolute Gasteiger partial charge is 0.481 e. The van der Waals surface area contributed by atoms with Crippen LogP contribution in [-0.2, 0) is 11.2 Å². The van der Waals surface area contributed by atoms with Crippen molar-refractivity contribution in [2.75, 3.05) is 22.1 Å². The molecule has 4 rings (SSSR count). The number of nitrogens with zero attached hydrogens (tertiary/aromatic N) is 2. The molecule has 0 atom stereocenters. The smallest absolute Gasteiger partial charge is 0.323 e. The summed E-state index contributed by atoms with van der Waals surface area (Å²) in [7, 11) is 0. The molecule has 2 aromatic carbocycles. The first-order chi connectivity index (χ1) is 15.4. The third-order valence-corrected chi connectivity index (χ3v) is 5.59. The van der Waals surface area contributed by atoms with E-state index in [1.54, 1.807) is 28.8 Å². The van der Waals surface area contributed by atoms with Crippen molar-refractivity contribution in [3.8, 4) is 5.69 Å². The van der Waals surface area contributed by atoms with Crippen LogP contribution in [0.25, 0.3) is 5.69 Å². The Morgan fingerprint density at radius 2 is 1.75 bits per heavy atom. The van der Waals surface area contributed by atoms with E-state index in [9.17, 15) is 9.59 Å². The number of nitrogens with one attached hydrogen (secondary N) is 4. The predicted molar refractivity (Wildman–Crippen MR) is 127 cm³/mol. The number of benzene rings is 2. The van der Waals surface area contributed by atoms with Crippen LogP contribution in [0.5, 0.6) is 0 Å². The van der Waals surface area contributed by atoms with Gasteiger partial charge in [-0.05, 0) is 79.2 Å². The fraction of sp³-hybridized carbons (Fsp3) is 0.190. The zero-order chi connectivity index (χ0) is 22.7. The fourth-order valence-corrected chi connectivity index (χ4v) is 4.16. The number of urea groups is 1. The number of anilines is 3. The number of aromatic nitrogens is 3. The van der Waals surface area contributed by atoms with Crippen molar-refractivity contribution in [1.29, 1.82) is 0 Å². The van der Waals surface area contributed by atoms with Crippen LogP contribution >= 0.6 is 24.4 Å². The summed E-state index contributed by atoms with van der Waals surface area (Å²) in [6, 6.07) is 12.4. The quantitative estimate of drug-likeness (QED) is 0.336. The van der Waals surface area contributed by atoms with Gasteiger partial charge in [-0.2, -0.15) is 0 Å². The van der Waals surface area contributed by atoms with Crippen molar-refractivity contribution in [3.05, 3.63) is 64.1 Å². The molecule has 0 saturated carbocycles. The SMILES string of the molecule is O=C(O)CCN1[CH]CCc2cc(NC(=O)Nc3cccc(-n4c(=S)[nH][nH]c4=S)c3)ccc21. The van der Waals surface area contributed by atoms with E-state index < -0.39 is 5.97 Å². The van der Waals surface area contributed by atoms with E-state index in [1.165, 1.54) is 0 Å². The van der Waals surface area contributed by atoms with Gasteiger partial charge in [0.25, 0.3) is 0 Å². The number of hydrogen-bond donors (Lipinski definition) is 5. The summed E-state index contributed by atoms with van der Waals surface area (Å²) in [4.78, 5) is 25.4. The van der Waals surface area contributed by atoms with Crippen LogP contribution < -0.4 is 15.5 Å². The standard InChI is InChI=1S/C21H21N6O3S2/c28-18(29)8-10-26-9-2-3-13-11-15(6-7-17(13)26)23-19(30)22-14-4-1-5-16(12-14)27-20(31)24-25-21(27)32/h1,4-7,9,11-12H,2-3,8,10H2,(H,24,31)(H,25,32)(H,28,29)(H2,22,23,30). The molecule has 0 bridgehead atoms. The number of H-pyrrole nitrogens is 2. The van der Waals surface area contributed by atoms with Crippen LogP contribution in [0.2, 0.25) is 0 Å². The first kappa shape index (κ1) is 21.8. The van der Waals surface area contributed by atoms with Crippen molar-refractivity contribution in [2.24, 2.45) is 0 Å². The highest BCUT2D eigenvalue weighted by Gasteiger charge is 2.18. The Morgan fingerprint density at radius 1 is 1.03 bits per heavy atom. The molecule has 165 valence electrons. The van der Waals surface area contributed by atoms with Gasteiger partial charge in [-0.25, -0.2) is 4.79 Å². The van der Waals surface area contributed by atoms with Gasteiger partial charge in [-0.15, -0.1) is 0 Å². The van der Waals surface area contributed by atoms with Gasteiger partial charge in [-0.1, -0.05) is 6.07 Å². The maximum atomic E-state index is 12.6. The Balaban J connectivity index is 1.45. The number of carbonyl (C=O) groups is 2. The minimum atomic E-state index is -0.828. The maximum Gasteiger partial charge on any atom is 0.323 e. The number of aromatic amines is 2. The third-order valence-electron chi connectivity index (χ3n) is 5.02. The average Bonchev–Trinajstić information content (AvgIpc) is 3.10. The number of rotatable bonds is 6. The number of carbonyl (C=O) groups excluding carboxylic acids is 1. The van der Waals surface area contributed by atoms with E-state index in [0.717, 1.165) is 29.8 Å². The molecular formula is C21H21N6O3S2. The van der Waals surface area contributed by atoms with Crippen LogP contribution in [0.1, 0.15) is 18.4 Å². The molecule has 1 aliphatic heterocycles. The Morgan fingerprint density at radius 3 is 2.47 bits per heavy atom. The van der Waals surface area contributed by atoms with Gasteiger partial charge >= 0.3 is 12.0 Å². The highest BCUT2D eigenvalue weighted by atomic mass is 32.1. The van der Waals surface area contributed by atoms with Gasteiger partial charge in [0.1, 0.15) is 0 Å². The van der Waals surface area contributed by atoms with Crippen molar-refractivity contribution in [2.45, 2.75) is 19.3 Å². The first-order valence-electron chi connectivity index (χ1n) is 9.93. The third kappa shape index (κ3) is 4.89. The molecule has 1 aliphatic rings. The molecule has 0 unspecified atom stereocenters. The highest BCUT2D eigenvalue weighted by Crippen LogP contribution is 2.31. The van der Waals surface area contributed by atoms with Gasteiger partial charge < -0.3 is 20.6 Å². The van der Waals surface area contributed by atoms with Gasteiger partial charge in [-0.3, -0.25) is 19.6 Å². The first-order valence-corrected chi connectivity index (χ1v) is 10.8. The van der Waals surface area contributed by atoms with E-state index in [0.29, 0.717) is 27.5 Å². The lowest BCUT2D eigenvalue weighted by Gasteiger charge is -2.30. The van der Waals surface area contributed by atoms with Crippen molar-refractivity contribution in [1.82, 2.24) is 14.8 Å². The van der Waals surface area contributed by atoms with Crippen molar-refractivity contribution >= 4 is 53.5 Å². The molecule has 1 aromatic heterocycles. The zero-order valence-electron chi connectivity index (χ0n) is 16.9. The monoisotopic (exact) mass is 469 g/mol. The summed E-state index contributed by atoms with van der Waals surface area (Å²) in [5.74, 6) is -0.828. The van der Waals surface area contributed by atoms with E-state index >= 15 is 0 Å². The molecular weight excluding hydrogens is 448 g/mol.